The van der Waals surface area contributed by atoms with Crippen molar-refractivity contribution in [1.29, 1.82) is 0 Å². The molecule has 1 aliphatic rings. The normalized spacial score (nSPS) is 13.3. The van der Waals surface area contributed by atoms with Gasteiger partial charge in [-0.25, -0.2) is 0 Å². The molecule has 0 heteroatoms. The zero-order chi connectivity index (χ0) is 21.3. The van der Waals surface area contributed by atoms with Crippen molar-refractivity contribution in [3.63, 3.8) is 0 Å². The highest BCUT2D eigenvalue weighted by atomic mass is 14.4. The first kappa shape index (κ1) is 19.3. The van der Waals surface area contributed by atoms with Crippen molar-refractivity contribution < 1.29 is 0 Å². The lowest BCUT2D eigenvalue weighted by molar-refractivity contribution is 0.520. The minimum absolute atomic E-state index is 0.118. The third-order valence-electron chi connectivity index (χ3n) is 6.56. The summed E-state index contributed by atoms with van der Waals surface area (Å²) in [5.41, 5.74) is 10.4. The number of hydrogen-bond donors (Lipinski definition) is 0. The predicted molar refractivity (Wildman–Crippen MR) is 133 cm³/mol. The molecule has 31 heavy (non-hydrogen) atoms. The summed E-state index contributed by atoms with van der Waals surface area (Å²) in [6, 6.07) is 35.4. The van der Waals surface area contributed by atoms with Crippen molar-refractivity contribution in [3.8, 4) is 11.1 Å². The van der Waals surface area contributed by atoms with E-state index in [-0.39, 0.29) is 5.41 Å². The first-order valence-corrected chi connectivity index (χ1v) is 10.9. The van der Waals surface area contributed by atoms with Gasteiger partial charge in [0.15, 0.2) is 0 Å². The molecule has 0 nitrogen and oxygen atoms in total. The highest BCUT2D eigenvalue weighted by molar-refractivity contribution is 5.81. The molecule has 4 aromatic rings. The minimum Gasteiger partial charge on any atom is -0.0985 e. The van der Waals surface area contributed by atoms with Crippen molar-refractivity contribution in [2.45, 2.75) is 18.3 Å². The van der Waals surface area contributed by atoms with Crippen LogP contribution in [0.5, 0.6) is 0 Å². The van der Waals surface area contributed by atoms with Gasteiger partial charge in [0.05, 0.1) is 0 Å². The molecule has 4 aromatic carbocycles. The molecular formula is C31H26. The zero-order valence-corrected chi connectivity index (χ0v) is 17.7. The van der Waals surface area contributed by atoms with Gasteiger partial charge in [-0.3, -0.25) is 0 Å². The number of hydrogen-bond acceptors (Lipinski definition) is 0. The molecule has 0 radical (unpaired) electrons. The molecule has 0 fully saturated rings. The number of rotatable bonds is 6. The summed E-state index contributed by atoms with van der Waals surface area (Å²) in [7, 11) is 0. The van der Waals surface area contributed by atoms with Gasteiger partial charge in [0.1, 0.15) is 0 Å². The second-order valence-electron chi connectivity index (χ2n) is 8.43. The molecule has 0 unspecified atom stereocenters. The van der Waals surface area contributed by atoms with Crippen LogP contribution in [0.2, 0.25) is 0 Å². The van der Waals surface area contributed by atoms with E-state index in [0.29, 0.717) is 0 Å². The maximum absolute atomic E-state index is 3.97. The van der Waals surface area contributed by atoms with E-state index in [4.69, 9.17) is 0 Å². The van der Waals surface area contributed by atoms with E-state index < -0.39 is 0 Å². The first-order chi connectivity index (χ1) is 15.2. The Morgan fingerprint density at radius 3 is 1.45 bits per heavy atom. The summed E-state index contributed by atoms with van der Waals surface area (Å²) in [5, 5.41) is 0. The van der Waals surface area contributed by atoms with Gasteiger partial charge in [-0.15, -0.1) is 0 Å². The van der Waals surface area contributed by atoms with Crippen LogP contribution < -0.4 is 0 Å². The molecule has 0 heterocycles. The Bertz CT molecular complexity index is 1170. The van der Waals surface area contributed by atoms with E-state index in [2.05, 4.69) is 110 Å². The fourth-order valence-corrected chi connectivity index (χ4v) is 5.22. The van der Waals surface area contributed by atoms with Crippen LogP contribution in [0.1, 0.15) is 33.4 Å². The molecule has 0 aromatic heterocycles. The largest absolute Gasteiger partial charge is 0.0985 e. The molecule has 0 spiro atoms. The molecule has 0 N–H and O–H groups in total. The molecule has 0 amide bonds. The average molecular weight is 399 g/mol. The summed E-state index contributed by atoms with van der Waals surface area (Å²) >= 11 is 0. The van der Waals surface area contributed by atoms with Crippen LogP contribution in [-0.2, 0) is 18.3 Å². The Kier molecular flexibility index (Phi) is 4.92. The summed E-state index contributed by atoms with van der Waals surface area (Å²) in [4.78, 5) is 0. The predicted octanol–water partition coefficient (Wildman–Crippen LogP) is 7.72. The summed E-state index contributed by atoms with van der Waals surface area (Å²) < 4.78 is 0. The average Bonchev–Trinajstić information content (AvgIpc) is 3.09. The van der Waals surface area contributed by atoms with Crippen LogP contribution in [0.3, 0.4) is 0 Å². The summed E-state index contributed by atoms with van der Waals surface area (Å²) in [6.07, 6.45) is 5.75. The van der Waals surface area contributed by atoms with Crippen molar-refractivity contribution in [3.05, 3.63) is 144 Å². The van der Waals surface area contributed by atoms with Crippen LogP contribution in [0.15, 0.2) is 110 Å². The highest BCUT2D eigenvalue weighted by Crippen LogP contribution is 2.52. The van der Waals surface area contributed by atoms with Gasteiger partial charge in [0.2, 0.25) is 0 Å². The van der Waals surface area contributed by atoms with Crippen molar-refractivity contribution in [1.82, 2.24) is 0 Å². The first-order valence-electron chi connectivity index (χ1n) is 10.9. The second kappa shape index (κ2) is 7.89. The SMILES string of the molecule is C=Cc1cccc(CC2(Cc3cccc(C=C)c3)c3ccccc3-c3ccccc32)c1. The fourth-order valence-electron chi connectivity index (χ4n) is 5.22. The molecule has 0 saturated carbocycles. The van der Waals surface area contributed by atoms with Crippen molar-refractivity contribution >= 4 is 12.2 Å². The van der Waals surface area contributed by atoms with Gasteiger partial charge in [-0.1, -0.05) is 122 Å². The zero-order valence-electron chi connectivity index (χ0n) is 17.7. The molecule has 0 aliphatic heterocycles. The summed E-state index contributed by atoms with van der Waals surface area (Å²) in [6.45, 7) is 7.94. The Morgan fingerprint density at radius 1 is 0.548 bits per heavy atom. The monoisotopic (exact) mass is 398 g/mol. The van der Waals surface area contributed by atoms with E-state index in [1.165, 1.54) is 44.5 Å². The van der Waals surface area contributed by atoms with Crippen LogP contribution in [-0.4, -0.2) is 0 Å². The lowest BCUT2D eigenvalue weighted by Gasteiger charge is -2.33. The molecule has 1 aliphatic carbocycles. The Morgan fingerprint density at radius 2 is 1.00 bits per heavy atom. The number of benzene rings is 4. The second-order valence-corrected chi connectivity index (χ2v) is 8.43. The molecule has 5 rings (SSSR count). The molecule has 0 saturated heterocycles. The van der Waals surface area contributed by atoms with E-state index in [1.807, 2.05) is 12.2 Å². The molecular weight excluding hydrogens is 372 g/mol. The third-order valence-corrected chi connectivity index (χ3v) is 6.56. The van der Waals surface area contributed by atoms with Crippen LogP contribution in [0.4, 0.5) is 0 Å². The van der Waals surface area contributed by atoms with Gasteiger partial charge in [0, 0.05) is 5.41 Å². The van der Waals surface area contributed by atoms with E-state index >= 15 is 0 Å². The van der Waals surface area contributed by atoms with Crippen molar-refractivity contribution in [2.24, 2.45) is 0 Å². The fraction of sp³-hybridized carbons (Fsp3) is 0.0968. The third kappa shape index (κ3) is 3.35. The molecule has 150 valence electrons. The van der Waals surface area contributed by atoms with Crippen LogP contribution in [0.25, 0.3) is 23.3 Å². The van der Waals surface area contributed by atoms with E-state index in [1.54, 1.807) is 0 Å². The quantitative estimate of drug-likeness (QED) is 0.312. The van der Waals surface area contributed by atoms with E-state index in [0.717, 1.165) is 12.8 Å². The summed E-state index contributed by atoms with van der Waals surface area (Å²) in [5.74, 6) is 0. The van der Waals surface area contributed by atoms with Gasteiger partial charge >= 0.3 is 0 Å². The van der Waals surface area contributed by atoms with Crippen molar-refractivity contribution in [2.75, 3.05) is 0 Å². The standard InChI is InChI=1S/C31H26/c1-3-23-11-9-13-25(19-23)21-31(22-26-14-10-12-24(4-2)20-26)29-17-7-5-15-27(29)28-16-6-8-18-30(28)31/h3-20H,1-2,21-22H2. The highest BCUT2D eigenvalue weighted by Gasteiger charge is 2.43. The lowest BCUT2D eigenvalue weighted by Crippen LogP contribution is -2.31. The van der Waals surface area contributed by atoms with Crippen LogP contribution >= 0.6 is 0 Å². The Labute approximate surface area is 185 Å². The van der Waals surface area contributed by atoms with E-state index in [9.17, 15) is 0 Å². The topological polar surface area (TPSA) is 0 Å². The minimum atomic E-state index is -0.118. The molecule has 0 bridgehead atoms. The van der Waals surface area contributed by atoms with Gasteiger partial charge in [-0.05, 0) is 57.3 Å². The van der Waals surface area contributed by atoms with Crippen LogP contribution in [0, 0.1) is 0 Å². The maximum atomic E-state index is 3.97. The van der Waals surface area contributed by atoms with Gasteiger partial charge < -0.3 is 0 Å². The maximum Gasteiger partial charge on any atom is 0.0295 e. The Balaban J connectivity index is 1.73. The number of fused-ring (bicyclic) bond motifs is 3. The molecule has 0 atom stereocenters. The van der Waals surface area contributed by atoms with Gasteiger partial charge in [-0.2, -0.15) is 0 Å². The lowest BCUT2D eigenvalue weighted by atomic mass is 9.69. The Hall–Kier alpha value is -3.64. The van der Waals surface area contributed by atoms with Gasteiger partial charge in [0.25, 0.3) is 0 Å². The smallest absolute Gasteiger partial charge is 0.0295 e.